The van der Waals surface area contributed by atoms with E-state index in [0.29, 0.717) is 17.6 Å². The van der Waals surface area contributed by atoms with Gasteiger partial charge in [0.2, 0.25) is 0 Å². The van der Waals surface area contributed by atoms with Gasteiger partial charge in [-0.15, -0.1) is 18.5 Å². The largest absolute Gasteiger partial charge is 0.478 e. The molecule has 0 saturated heterocycles. The van der Waals surface area contributed by atoms with E-state index in [1.807, 2.05) is 36.7 Å². The third kappa shape index (κ3) is 3.18. The van der Waals surface area contributed by atoms with Crippen molar-refractivity contribution in [3.05, 3.63) is 60.7 Å². The molecular weight excluding hydrogens is 440 g/mol. The predicted octanol–water partition coefficient (Wildman–Crippen LogP) is -0.0981. The SMILES string of the molecule is NOOSc1ccc([N+]23Cc4n(cc[n+]4CC(=O)O)C2n2cc[n+](CC(=O)O)c2C3)cc1. The molecule has 2 aromatic heterocycles. The van der Waals surface area contributed by atoms with E-state index >= 15 is 0 Å². The summed E-state index contributed by atoms with van der Waals surface area (Å²) in [5, 5.41) is 18.6. The Labute approximate surface area is 185 Å². The minimum atomic E-state index is -0.910. The molecule has 13 heteroatoms. The van der Waals surface area contributed by atoms with E-state index in [1.165, 1.54) is 0 Å². The van der Waals surface area contributed by atoms with Crippen molar-refractivity contribution >= 4 is 29.7 Å². The lowest BCUT2D eigenvalue weighted by Gasteiger charge is -2.27. The molecule has 0 unspecified atom stereocenters. The minimum Gasteiger partial charge on any atom is -0.478 e. The molecule has 32 heavy (non-hydrogen) atoms. The van der Waals surface area contributed by atoms with Crippen molar-refractivity contribution in [2.24, 2.45) is 5.90 Å². The normalized spacial score (nSPS) is 20.7. The maximum absolute atomic E-state index is 11.4. The van der Waals surface area contributed by atoms with Crippen molar-refractivity contribution in [1.82, 2.24) is 13.6 Å². The maximum atomic E-state index is 11.4. The molecule has 0 amide bonds. The van der Waals surface area contributed by atoms with E-state index in [0.717, 1.165) is 34.3 Å². The van der Waals surface area contributed by atoms with Gasteiger partial charge in [0.05, 0.1) is 12.0 Å². The fraction of sp³-hybridized carbons (Fsp3) is 0.263. The summed E-state index contributed by atoms with van der Waals surface area (Å²) in [5.41, 5.74) is 1.00. The van der Waals surface area contributed by atoms with Crippen LogP contribution < -0.4 is 19.5 Å². The van der Waals surface area contributed by atoms with Crippen LogP contribution in [0.4, 0.5) is 5.69 Å². The fourth-order valence-corrected chi connectivity index (χ4v) is 5.16. The molecule has 0 bridgehead atoms. The van der Waals surface area contributed by atoms with Gasteiger partial charge in [0, 0.05) is 17.0 Å². The van der Waals surface area contributed by atoms with Crippen LogP contribution in [0.1, 0.15) is 17.9 Å². The van der Waals surface area contributed by atoms with Crippen LogP contribution in [-0.4, -0.2) is 31.3 Å². The first kappa shape index (κ1) is 20.7. The Morgan fingerprint density at radius 2 is 1.56 bits per heavy atom. The smallest absolute Gasteiger partial charge is 0.385 e. The van der Waals surface area contributed by atoms with Gasteiger partial charge in [0.1, 0.15) is 30.5 Å². The zero-order valence-corrected chi connectivity index (χ0v) is 17.6. The number of quaternary nitrogens is 1. The molecule has 4 N–H and O–H groups in total. The highest BCUT2D eigenvalue weighted by atomic mass is 32.2. The molecule has 0 fully saturated rings. The summed E-state index contributed by atoms with van der Waals surface area (Å²) in [6.45, 7) is 0.848. The number of hydrogen-bond donors (Lipinski definition) is 3. The topological polar surface area (TPSA) is 137 Å². The van der Waals surface area contributed by atoms with Crippen molar-refractivity contribution in [3.8, 4) is 0 Å². The van der Waals surface area contributed by atoms with Crippen molar-refractivity contribution in [2.75, 3.05) is 0 Å². The quantitative estimate of drug-likeness (QED) is 0.139. The highest BCUT2D eigenvalue weighted by Gasteiger charge is 2.64. The van der Waals surface area contributed by atoms with Crippen LogP contribution in [-0.2, 0) is 45.1 Å². The second-order valence-electron chi connectivity index (χ2n) is 7.72. The number of benzene rings is 1. The average Bonchev–Trinajstić information content (AvgIpc) is 3.46. The van der Waals surface area contributed by atoms with Gasteiger partial charge in [-0.25, -0.2) is 18.7 Å². The monoisotopic (exact) mass is 461 g/mol. The van der Waals surface area contributed by atoms with Crippen molar-refractivity contribution < 1.29 is 38.3 Å². The number of carboxylic acid groups (broad SMARTS) is 2. The van der Waals surface area contributed by atoms with Gasteiger partial charge in [-0.3, -0.25) is 0 Å². The molecule has 3 aromatic rings. The van der Waals surface area contributed by atoms with Gasteiger partial charge in [-0.1, -0.05) is 0 Å². The Bertz CT molecular complexity index is 1140. The Morgan fingerprint density at radius 1 is 1.03 bits per heavy atom. The number of nitrogens with two attached hydrogens (primary N) is 1. The molecule has 0 radical (unpaired) electrons. The summed E-state index contributed by atoms with van der Waals surface area (Å²) in [4.78, 5) is 27.7. The zero-order valence-electron chi connectivity index (χ0n) is 16.8. The molecule has 166 valence electrons. The van der Waals surface area contributed by atoms with Gasteiger partial charge in [-0.2, -0.15) is 10.4 Å². The highest BCUT2D eigenvalue weighted by molar-refractivity contribution is 7.94. The van der Waals surface area contributed by atoms with E-state index in [2.05, 4.69) is 14.1 Å². The number of nitrogens with zero attached hydrogens (tertiary/aromatic N) is 5. The number of carboxylic acids is 2. The number of imidazole rings is 2. The predicted molar refractivity (Wildman–Crippen MR) is 107 cm³/mol. The third-order valence-electron chi connectivity index (χ3n) is 5.99. The lowest BCUT2D eigenvalue weighted by Crippen LogP contribution is -2.49. The number of aliphatic carboxylic acids is 2. The number of carbonyl (C=O) groups is 2. The lowest BCUT2D eigenvalue weighted by atomic mass is 10.2. The van der Waals surface area contributed by atoms with Gasteiger partial charge in [-0.05, 0) is 12.1 Å². The molecule has 4 heterocycles. The standard InChI is InChI=1S/C19H19N6O6S/c20-30-31-32-14-3-1-13(2-4-14)25-11-15-21(9-17(26)27)5-7-23(15)19(25)24-8-6-22(10-18(28)29)16(24)12-25/h1-8,19H,9-12,20H2/q+1/p+2. The second kappa shape index (κ2) is 7.72. The van der Waals surface area contributed by atoms with E-state index in [9.17, 15) is 19.8 Å². The summed E-state index contributed by atoms with van der Waals surface area (Å²) >= 11 is 0.988. The van der Waals surface area contributed by atoms with E-state index in [1.54, 1.807) is 21.5 Å². The van der Waals surface area contributed by atoms with Crippen molar-refractivity contribution in [1.29, 1.82) is 0 Å². The summed E-state index contributed by atoms with van der Waals surface area (Å²) in [6, 6.07) is 7.75. The average molecular weight is 461 g/mol. The second-order valence-corrected chi connectivity index (χ2v) is 8.50. The highest BCUT2D eigenvalue weighted by Crippen LogP contribution is 2.46. The Kier molecular flexibility index (Phi) is 4.98. The molecule has 0 atom stereocenters. The number of fused-ring (bicyclic) bond motifs is 5. The van der Waals surface area contributed by atoms with E-state index in [-0.39, 0.29) is 19.4 Å². The molecular formula is C19H21N6O6S+3. The summed E-state index contributed by atoms with van der Waals surface area (Å²) in [5.74, 6) is 4.86. The van der Waals surface area contributed by atoms with Crippen LogP contribution in [0.2, 0.25) is 0 Å². The molecule has 0 aliphatic carbocycles. The van der Waals surface area contributed by atoms with Gasteiger partial charge >= 0.3 is 29.9 Å². The fourth-order valence-electron chi connectivity index (χ4n) is 4.80. The summed E-state index contributed by atoms with van der Waals surface area (Å²) < 4.78 is 12.8. The summed E-state index contributed by atoms with van der Waals surface area (Å²) in [7, 11) is 0. The zero-order chi connectivity index (χ0) is 22.5. The minimum absolute atomic E-state index is 0.126. The van der Waals surface area contributed by atoms with Crippen LogP contribution in [0, 0.1) is 0 Å². The van der Waals surface area contributed by atoms with E-state index in [4.69, 9.17) is 10.2 Å². The number of rotatable bonds is 8. The van der Waals surface area contributed by atoms with Crippen LogP contribution in [0.25, 0.3) is 0 Å². The van der Waals surface area contributed by atoms with Gasteiger partial charge in [0.15, 0.2) is 26.2 Å². The maximum Gasteiger partial charge on any atom is 0.385 e. The Morgan fingerprint density at radius 3 is 2.03 bits per heavy atom. The number of hydrogen-bond acceptors (Lipinski definition) is 6. The molecule has 5 rings (SSSR count). The first-order valence-corrected chi connectivity index (χ1v) is 10.5. The van der Waals surface area contributed by atoms with Crippen LogP contribution in [0.5, 0.6) is 0 Å². The molecule has 12 nitrogen and oxygen atoms in total. The Balaban J connectivity index is 1.59. The third-order valence-corrected chi connectivity index (χ3v) is 6.60. The van der Waals surface area contributed by atoms with Crippen molar-refractivity contribution in [3.63, 3.8) is 0 Å². The summed E-state index contributed by atoms with van der Waals surface area (Å²) in [6.07, 6.45) is 7.11. The molecule has 0 saturated carbocycles. The van der Waals surface area contributed by atoms with Crippen LogP contribution in [0.3, 0.4) is 0 Å². The Hall–Kier alpha value is -3.23. The van der Waals surface area contributed by atoms with Crippen LogP contribution >= 0.6 is 12.0 Å². The van der Waals surface area contributed by atoms with Crippen LogP contribution in [0.15, 0.2) is 53.9 Å². The van der Waals surface area contributed by atoms with Crippen molar-refractivity contribution in [2.45, 2.75) is 37.4 Å². The number of aromatic nitrogens is 4. The molecule has 2 aliphatic rings. The first-order chi connectivity index (χ1) is 15.4. The molecule has 0 spiro atoms. The van der Waals surface area contributed by atoms with Gasteiger partial charge in [0.25, 0.3) is 0 Å². The van der Waals surface area contributed by atoms with Gasteiger partial charge < -0.3 is 10.2 Å². The van der Waals surface area contributed by atoms with E-state index < -0.39 is 11.9 Å². The molecule has 1 aromatic carbocycles. The first-order valence-electron chi connectivity index (χ1n) is 9.72. The lowest BCUT2D eigenvalue weighted by molar-refractivity contribution is -0.694. The molecule has 2 aliphatic heterocycles.